The minimum atomic E-state index is -2.87. The molecule has 344 valence electrons. The molecule has 65 heavy (non-hydrogen) atoms. The van der Waals surface area contributed by atoms with Crippen molar-refractivity contribution in [3.8, 4) is 0 Å². The second-order valence-corrected chi connectivity index (χ2v) is 18.3. The molecule has 1 aromatic carbocycles. The zero-order chi connectivity index (χ0) is 44.9. The lowest BCUT2D eigenvalue weighted by molar-refractivity contribution is -0.136. The number of alkyl halides is 2. The molecule has 1 aliphatic carbocycles. The van der Waals surface area contributed by atoms with Gasteiger partial charge in [-0.1, -0.05) is 6.07 Å². The molecule has 4 atom stereocenters. The van der Waals surface area contributed by atoms with Gasteiger partial charge in [0.25, 0.3) is 24.1 Å². The summed E-state index contributed by atoms with van der Waals surface area (Å²) in [6, 6.07) is 6.06. The third kappa shape index (κ3) is 8.58. The number of hydrogen-bond acceptors (Lipinski definition) is 13. The van der Waals surface area contributed by atoms with Gasteiger partial charge in [-0.05, 0) is 88.8 Å². The summed E-state index contributed by atoms with van der Waals surface area (Å²) in [5.41, 5.74) is 1.06. The Morgan fingerprint density at radius 1 is 1.00 bits per heavy atom. The van der Waals surface area contributed by atoms with Crippen molar-refractivity contribution >= 4 is 52.4 Å². The van der Waals surface area contributed by atoms with E-state index in [0.717, 1.165) is 81.8 Å². The molecule has 4 saturated heterocycles. The van der Waals surface area contributed by atoms with Crippen molar-refractivity contribution in [3.63, 3.8) is 0 Å². The van der Waals surface area contributed by atoms with Crippen molar-refractivity contribution in [2.24, 2.45) is 5.92 Å². The number of amides is 5. The number of likely N-dealkylation sites (tertiary alicyclic amines) is 1. The molecule has 6 aliphatic rings. The summed E-state index contributed by atoms with van der Waals surface area (Å²) in [5, 5.41) is 16.8. The number of nitrogens with zero attached hydrogens (tertiary/aromatic N) is 8. The van der Waals surface area contributed by atoms with Gasteiger partial charge in [0.1, 0.15) is 17.4 Å². The molecule has 2 bridgehead atoms. The van der Waals surface area contributed by atoms with Crippen LogP contribution in [0, 0.1) is 5.92 Å². The molecular weight excluding hydrogens is 845 g/mol. The van der Waals surface area contributed by atoms with Crippen molar-refractivity contribution in [2.75, 3.05) is 54.9 Å². The van der Waals surface area contributed by atoms with Crippen LogP contribution in [0.25, 0.3) is 5.65 Å². The Hall–Kier alpha value is -5.86. The van der Waals surface area contributed by atoms with Gasteiger partial charge in [0.05, 0.1) is 60.0 Å². The Kier molecular flexibility index (Phi) is 11.8. The molecule has 3 aromatic heterocycles. The summed E-state index contributed by atoms with van der Waals surface area (Å²) in [6.07, 6.45) is 9.14. The number of halogens is 2. The lowest BCUT2D eigenvalue weighted by atomic mass is 9.85. The molecule has 20 heteroatoms. The van der Waals surface area contributed by atoms with Crippen LogP contribution in [0.4, 0.5) is 26.0 Å². The van der Waals surface area contributed by atoms with Crippen molar-refractivity contribution in [1.29, 1.82) is 0 Å². The number of fused-ring (bicyclic) bond motifs is 4. The topological polar surface area (TPSA) is 198 Å². The van der Waals surface area contributed by atoms with Gasteiger partial charge in [-0.15, -0.1) is 0 Å². The maximum Gasteiger partial charge on any atom is 0.284 e. The molecule has 5 fully saturated rings. The lowest BCUT2D eigenvalue weighted by Gasteiger charge is -2.37. The van der Waals surface area contributed by atoms with Crippen LogP contribution in [-0.2, 0) is 19.1 Å². The monoisotopic (exact) mass is 897 g/mol. The van der Waals surface area contributed by atoms with Gasteiger partial charge in [-0.3, -0.25) is 38.9 Å². The van der Waals surface area contributed by atoms with Crippen molar-refractivity contribution in [3.05, 3.63) is 65.2 Å². The molecule has 18 nitrogen and oxygen atoms in total. The second kappa shape index (κ2) is 17.8. The predicted molar refractivity (Wildman–Crippen MR) is 231 cm³/mol. The maximum atomic E-state index is 14.3. The minimum Gasteiger partial charge on any atom is -0.384 e. The van der Waals surface area contributed by atoms with Gasteiger partial charge in [-0.2, -0.15) is 10.2 Å². The highest BCUT2D eigenvalue weighted by molar-refractivity contribution is 6.25. The Bertz CT molecular complexity index is 2500. The van der Waals surface area contributed by atoms with Gasteiger partial charge >= 0.3 is 0 Å². The van der Waals surface area contributed by atoms with Crippen LogP contribution in [0.2, 0.25) is 0 Å². The van der Waals surface area contributed by atoms with E-state index in [-0.39, 0.29) is 65.6 Å². The zero-order valence-corrected chi connectivity index (χ0v) is 36.2. The third-order valence-corrected chi connectivity index (χ3v) is 14.0. The first-order valence-corrected chi connectivity index (χ1v) is 22.8. The van der Waals surface area contributed by atoms with Crippen molar-refractivity contribution in [1.82, 2.24) is 39.5 Å². The molecule has 5 aliphatic heterocycles. The van der Waals surface area contributed by atoms with E-state index < -0.39 is 47.7 Å². The molecule has 10 rings (SSSR count). The Morgan fingerprint density at radius 3 is 2.55 bits per heavy atom. The number of aromatic nitrogens is 5. The fourth-order valence-corrected chi connectivity index (χ4v) is 10.6. The van der Waals surface area contributed by atoms with Crippen LogP contribution >= 0.6 is 0 Å². The zero-order valence-electron chi connectivity index (χ0n) is 36.2. The molecule has 3 N–H and O–H groups in total. The van der Waals surface area contributed by atoms with Gasteiger partial charge in [0.2, 0.25) is 11.8 Å². The highest BCUT2D eigenvalue weighted by Gasteiger charge is 2.46. The Labute approximate surface area is 373 Å². The van der Waals surface area contributed by atoms with E-state index in [1.54, 1.807) is 29.1 Å². The van der Waals surface area contributed by atoms with Gasteiger partial charge < -0.3 is 29.9 Å². The predicted octanol–water partition coefficient (Wildman–Crippen LogP) is 4.60. The molecule has 1 unspecified atom stereocenters. The number of nitrogens with one attached hydrogen (secondary N) is 3. The molecule has 8 heterocycles. The van der Waals surface area contributed by atoms with Crippen LogP contribution in [0.5, 0.6) is 0 Å². The van der Waals surface area contributed by atoms with E-state index in [9.17, 15) is 32.8 Å². The van der Waals surface area contributed by atoms with E-state index >= 15 is 0 Å². The first-order valence-electron chi connectivity index (χ1n) is 22.8. The number of imide groups is 2. The van der Waals surface area contributed by atoms with Gasteiger partial charge in [0.15, 0.2) is 11.3 Å². The lowest BCUT2D eigenvalue weighted by Crippen LogP contribution is -2.54. The summed E-state index contributed by atoms with van der Waals surface area (Å²) in [4.78, 5) is 74.7. The summed E-state index contributed by atoms with van der Waals surface area (Å²) in [6.45, 7) is 6.72. The number of anilines is 3. The van der Waals surface area contributed by atoms with E-state index in [1.807, 2.05) is 13.0 Å². The largest absolute Gasteiger partial charge is 0.384 e. The van der Waals surface area contributed by atoms with E-state index in [2.05, 4.69) is 35.9 Å². The van der Waals surface area contributed by atoms with Crippen LogP contribution < -0.4 is 20.9 Å². The highest BCUT2D eigenvalue weighted by atomic mass is 19.3. The Balaban J connectivity index is 0.666. The quantitative estimate of drug-likeness (QED) is 0.149. The number of hydrogen-bond donors (Lipinski definition) is 3. The average molecular weight is 898 g/mol. The summed E-state index contributed by atoms with van der Waals surface area (Å²) >= 11 is 0. The van der Waals surface area contributed by atoms with Crippen LogP contribution in [0.3, 0.4) is 0 Å². The number of benzene rings is 1. The number of rotatable bonds is 14. The first-order chi connectivity index (χ1) is 31.5. The standard InChI is InChI=1S/C45H53F2N11O7/c1-25(11-15-48-33-4-2-3-31-38(33)45(63)58(44(31)62)35-9-10-37(59)52-43(35)61)65-29-12-16-54(17-13-29)21-26-5-7-27(8-6-26)57-23-34(39(53-57)40(46)47)50-42(60)32-20-49-56-18-14-36(51-41(32)56)55-22-30-19-28(55)24-64-30/h2-4,14,18,20,23,25-30,35,40,48H,5-13,15-17,19,21-22,24H2,1H3,(H,50,60)(H,52,59,61)/t25-,26?,27?,28+,30+,35?/m0/s1. The number of carbonyl (C=O) groups excluding carboxylic acids is 5. The van der Waals surface area contributed by atoms with Crippen LogP contribution in [0.15, 0.2) is 42.9 Å². The fourth-order valence-electron chi connectivity index (χ4n) is 10.6. The number of piperidine rings is 2. The highest BCUT2D eigenvalue weighted by Crippen LogP contribution is 2.37. The van der Waals surface area contributed by atoms with Crippen LogP contribution in [-0.4, -0.2) is 133 Å². The molecule has 5 amide bonds. The van der Waals surface area contributed by atoms with Crippen molar-refractivity contribution < 1.29 is 42.2 Å². The SMILES string of the molecule is C[C@@H](CCNc1cccc2c1C(=O)N(C1CCC(=O)NC1=O)C2=O)OC1CCN(CC2CCC(n3cc(NC(=O)c4cnn5ccc(N6C[C@H]7C[C@@H]6CO7)nc45)c(C(F)F)n3)CC2)CC1. The summed E-state index contributed by atoms with van der Waals surface area (Å²) in [5.74, 6) is -1.51. The third-order valence-electron chi connectivity index (χ3n) is 14.0. The van der Waals surface area contributed by atoms with Gasteiger partial charge in [-0.25, -0.2) is 18.3 Å². The molecule has 4 aromatic rings. The number of morpholine rings is 1. The minimum absolute atomic E-state index is 0.0130. The summed E-state index contributed by atoms with van der Waals surface area (Å²) in [7, 11) is 0. The molecule has 0 radical (unpaired) electrons. The van der Waals surface area contributed by atoms with Crippen LogP contribution in [0.1, 0.15) is 120 Å². The average Bonchev–Trinajstić information content (AvgIpc) is 4.15. The number of ether oxygens (including phenoxy) is 2. The second-order valence-electron chi connectivity index (χ2n) is 18.3. The number of carbonyl (C=O) groups is 5. The van der Waals surface area contributed by atoms with E-state index in [4.69, 9.17) is 14.5 Å². The first kappa shape index (κ1) is 43.1. The van der Waals surface area contributed by atoms with E-state index in [1.165, 1.54) is 16.9 Å². The van der Waals surface area contributed by atoms with Crippen molar-refractivity contribution in [2.45, 2.75) is 114 Å². The molecule has 1 saturated carbocycles. The van der Waals surface area contributed by atoms with Gasteiger partial charge in [0, 0.05) is 57.2 Å². The molecular formula is C45H53F2N11O7. The molecule has 0 spiro atoms. The maximum absolute atomic E-state index is 14.3. The smallest absolute Gasteiger partial charge is 0.284 e. The van der Waals surface area contributed by atoms with E-state index in [0.29, 0.717) is 36.8 Å². The summed E-state index contributed by atoms with van der Waals surface area (Å²) < 4.78 is 43.9. The normalized spacial score (nSPS) is 25.5. The Morgan fingerprint density at radius 2 is 1.82 bits per heavy atom. The fraction of sp³-hybridized carbons (Fsp3) is 0.556.